The normalized spacial score (nSPS) is 16.4. The number of rotatable bonds is 4. The lowest BCUT2D eigenvalue weighted by Gasteiger charge is -2.19. The molecular formula is C6H15N2O4P. The summed E-state index contributed by atoms with van der Waals surface area (Å²) < 4.78 is 10.8. The second-order valence-corrected chi connectivity index (χ2v) is 4.61. The molecule has 0 aliphatic carbocycles. The van der Waals surface area contributed by atoms with Gasteiger partial charge >= 0.3 is 7.60 Å². The Kier molecular flexibility index (Phi) is 4.56. The van der Waals surface area contributed by atoms with Crippen LogP contribution < -0.4 is 11.1 Å². The van der Waals surface area contributed by atoms with Crippen LogP contribution >= 0.6 is 7.60 Å². The molecule has 0 aliphatic heterocycles. The van der Waals surface area contributed by atoms with Crippen molar-refractivity contribution >= 4 is 13.5 Å². The molecule has 6 nitrogen and oxygen atoms in total. The third kappa shape index (κ3) is 4.38. The van der Waals surface area contributed by atoms with Crippen molar-refractivity contribution in [1.82, 2.24) is 5.32 Å². The van der Waals surface area contributed by atoms with Crippen LogP contribution in [0.2, 0.25) is 0 Å². The Morgan fingerprint density at radius 2 is 2.08 bits per heavy atom. The van der Waals surface area contributed by atoms with Gasteiger partial charge in [0, 0.05) is 0 Å². The highest BCUT2D eigenvalue weighted by molar-refractivity contribution is 7.52. The Labute approximate surface area is 76.7 Å². The zero-order valence-electron chi connectivity index (χ0n) is 7.60. The lowest BCUT2D eigenvalue weighted by molar-refractivity contribution is -0.122. The van der Waals surface area contributed by atoms with Crippen molar-refractivity contribution in [2.24, 2.45) is 5.73 Å². The maximum absolute atomic E-state index is 11.0. The second kappa shape index (κ2) is 4.72. The molecule has 1 unspecified atom stereocenters. The number of nitrogens with two attached hydrogens (primary N) is 1. The zero-order valence-corrected chi connectivity index (χ0v) is 8.49. The average Bonchev–Trinajstić information content (AvgIpc) is 1.96. The van der Waals surface area contributed by atoms with Gasteiger partial charge in [-0.15, -0.1) is 0 Å². The SMILES string of the molecule is CCC(NC(=O)[C@H](C)N)P(=O)(O)O. The van der Waals surface area contributed by atoms with Crippen LogP contribution in [-0.4, -0.2) is 27.5 Å². The molecule has 0 spiro atoms. The van der Waals surface area contributed by atoms with Crippen LogP contribution in [0.15, 0.2) is 0 Å². The predicted molar refractivity (Wildman–Crippen MR) is 47.9 cm³/mol. The van der Waals surface area contributed by atoms with E-state index in [0.29, 0.717) is 0 Å². The topological polar surface area (TPSA) is 113 Å². The minimum absolute atomic E-state index is 0.169. The van der Waals surface area contributed by atoms with E-state index < -0.39 is 25.3 Å². The molecule has 0 rings (SSSR count). The average molecular weight is 210 g/mol. The molecule has 7 heteroatoms. The fourth-order valence-electron chi connectivity index (χ4n) is 0.720. The van der Waals surface area contributed by atoms with Gasteiger partial charge in [0.15, 0.2) is 0 Å². The molecule has 0 aromatic rings. The lowest BCUT2D eigenvalue weighted by Crippen LogP contribution is -2.43. The van der Waals surface area contributed by atoms with E-state index >= 15 is 0 Å². The van der Waals surface area contributed by atoms with Gasteiger partial charge in [0.1, 0.15) is 5.78 Å². The molecule has 0 aromatic heterocycles. The molecule has 0 bridgehead atoms. The largest absolute Gasteiger partial charge is 0.347 e. The zero-order chi connectivity index (χ0) is 10.6. The molecule has 0 aromatic carbocycles. The molecule has 13 heavy (non-hydrogen) atoms. The molecule has 0 radical (unpaired) electrons. The van der Waals surface area contributed by atoms with E-state index in [0.717, 1.165) is 0 Å². The quantitative estimate of drug-likeness (QED) is 0.461. The van der Waals surface area contributed by atoms with Crippen molar-refractivity contribution in [1.29, 1.82) is 0 Å². The first kappa shape index (κ1) is 12.6. The Balaban J connectivity index is 4.31. The molecule has 0 saturated carbocycles. The van der Waals surface area contributed by atoms with Crippen molar-refractivity contribution < 1.29 is 19.1 Å². The van der Waals surface area contributed by atoms with Gasteiger partial charge in [-0.25, -0.2) is 0 Å². The predicted octanol–water partition coefficient (Wildman–Crippen LogP) is -0.636. The van der Waals surface area contributed by atoms with E-state index in [1.165, 1.54) is 6.92 Å². The van der Waals surface area contributed by atoms with Gasteiger partial charge in [-0.3, -0.25) is 9.36 Å². The Bertz CT molecular complexity index is 225. The van der Waals surface area contributed by atoms with Crippen LogP contribution in [-0.2, 0) is 9.36 Å². The fraction of sp³-hybridized carbons (Fsp3) is 0.833. The summed E-state index contributed by atoms with van der Waals surface area (Å²) in [6, 6.07) is -0.763. The molecule has 0 fully saturated rings. The number of hydrogen-bond donors (Lipinski definition) is 4. The number of carbonyl (C=O) groups is 1. The summed E-state index contributed by atoms with van der Waals surface area (Å²) in [4.78, 5) is 28.5. The summed E-state index contributed by atoms with van der Waals surface area (Å²) in [6.45, 7) is 3.02. The minimum Gasteiger partial charge on any atom is -0.341 e. The summed E-state index contributed by atoms with van der Waals surface area (Å²) in [5, 5.41) is 2.18. The molecule has 0 aliphatic rings. The second-order valence-electron chi connectivity index (χ2n) is 2.81. The van der Waals surface area contributed by atoms with Gasteiger partial charge in [0.25, 0.3) is 0 Å². The Hall–Kier alpha value is -0.420. The van der Waals surface area contributed by atoms with Crippen LogP contribution in [0.25, 0.3) is 0 Å². The highest BCUT2D eigenvalue weighted by Gasteiger charge is 2.28. The van der Waals surface area contributed by atoms with E-state index in [-0.39, 0.29) is 6.42 Å². The van der Waals surface area contributed by atoms with Crippen molar-refractivity contribution in [3.05, 3.63) is 0 Å². The monoisotopic (exact) mass is 210 g/mol. The van der Waals surface area contributed by atoms with Crippen LogP contribution in [0.1, 0.15) is 20.3 Å². The third-order valence-corrected chi connectivity index (χ3v) is 2.82. The molecule has 5 N–H and O–H groups in total. The van der Waals surface area contributed by atoms with Crippen LogP contribution in [0.5, 0.6) is 0 Å². The number of amides is 1. The molecule has 1 amide bonds. The van der Waals surface area contributed by atoms with Crippen LogP contribution in [0.3, 0.4) is 0 Å². The summed E-state index contributed by atoms with van der Waals surface area (Å²) in [6.07, 6.45) is 0.169. The van der Waals surface area contributed by atoms with Crippen molar-refractivity contribution in [2.45, 2.75) is 32.1 Å². The first-order valence-corrected chi connectivity index (χ1v) is 5.58. The van der Waals surface area contributed by atoms with Gasteiger partial charge in [-0.1, -0.05) is 6.92 Å². The third-order valence-electron chi connectivity index (χ3n) is 1.52. The van der Waals surface area contributed by atoms with E-state index in [9.17, 15) is 9.36 Å². The highest BCUT2D eigenvalue weighted by Crippen LogP contribution is 2.41. The summed E-state index contributed by atoms with van der Waals surface area (Å²) in [5.74, 6) is -1.69. The van der Waals surface area contributed by atoms with E-state index in [4.69, 9.17) is 15.5 Å². The van der Waals surface area contributed by atoms with E-state index in [1.807, 2.05) is 0 Å². The summed E-state index contributed by atoms with van der Waals surface area (Å²) >= 11 is 0. The first-order valence-electron chi connectivity index (χ1n) is 3.90. The number of carbonyl (C=O) groups excluding carboxylic acids is 1. The van der Waals surface area contributed by atoms with E-state index in [1.54, 1.807) is 6.92 Å². The summed E-state index contributed by atoms with van der Waals surface area (Å²) in [7, 11) is -4.26. The van der Waals surface area contributed by atoms with Gasteiger partial charge in [0.05, 0.1) is 6.04 Å². The number of nitrogens with one attached hydrogen (secondary N) is 1. The fourth-order valence-corrected chi connectivity index (χ4v) is 1.49. The van der Waals surface area contributed by atoms with E-state index in [2.05, 4.69) is 5.32 Å². The Morgan fingerprint density at radius 1 is 1.62 bits per heavy atom. The standard InChI is InChI=1S/C6H15N2O4P/c1-3-5(13(10,11)12)8-6(9)4(2)7/h4-5H,3,7H2,1-2H3,(H,8,9)(H2,10,11,12)/t4-,5?/m0/s1. The summed E-state index contributed by atoms with van der Waals surface area (Å²) in [5.41, 5.74) is 5.22. The van der Waals surface area contributed by atoms with Gasteiger partial charge in [0.2, 0.25) is 5.91 Å². The molecule has 0 saturated heterocycles. The van der Waals surface area contributed by atoms with Crippen LogP contribution in [0, 0.1) is 0 Å². The minimum atomic E-state index is -4.26. The van der Waals surface area contributed by atoms with Crippen LogP contribution in [0.4, 0.5) is 0 Å². The number of hydrogen-bond acceptors (Lipinski definition) is 3. The highest BCUT2D eigenvalue weighted by atomic mass is 31.2. The molecule has 0 heterocycles. The molecule has 2 atom stereocenters. The van der Waals surface area contributed by atoms with Gasteiger partial charge < -0.3 is 20.8 Å². The molecular weight excluding hydrogens is 195 g/mol. The first-order chi connectivity index (χ1) is 5.79. The Morgan fingerprint density at radius 3 is 2.31 bits per heavy atom. The van der Waals surface area contributed by atoms with Crippen molar-refractivity contribution in [2.75, 3.05) is 0 Å². The van der Waals surface area contributed by atoms with Crippen molar-refractivity contribution in [3.8, 4) is 0 Å². The lowest BCUT2D eigenvalue weighted by atomic mass is 10.3. The smallest absolute Gasteiger partial charge is 0.341 e. The maximum Gasteiger partial charge on any atom is 0.347 e. The van der Waals surface area contributed by atoms with Gasteiger partial charge in [-0.2, -0.15) is 0 Å². The maximum atomic E-state index is 11.0. The van der Waals surface area contributed by atoms with Crippen molar-refractivity contribution in [3.63, 3.8) is 0 Å². The molecule has 78 valence electrons. The van der Waals surface area contributed by atoms with Gasteiger partial charge in [-0.05, 0) is 13.3 Å².